The van der Waals surface area contributed by atoms with E-state index in [1.54, 1.807) is 12.1 Å². The zero-order valence-electron chi connectivity index (χ0n) is 13.4. The Balaban J connectivity index is 1.48. The first-order valence-corrected chi connectivity index (χ1v) is 8.02. The lowest BCUT2D eigenvalue weighted by Gasteiger charge is -2.08. The van der Waals surface area contributed by atoms with E-state index < -0.39 is 0 Å². The van der Waals surface area contributed by atoms with Crippen LogP contribution in [0.4, 0.5) is 0 Å². The van der Waals surface area contributed by atoms with E-state index >= 15 is 0 Å². The van der Waals surface area contributed by atoms with Crippen LogP contribution in [-0.2, 0) is 22.6 Å². The lowest BCUT2D eigenvalue weighted by atomic mass is 10.1. The minimum Gasteiger partial charge on any atom is -0.508 e. The van der Waals surface area contributed by atoms with Crippen molar-refractivity contribution in [2.24, 2.45) is 0 Å². The van der Waals surface area contributed by atoms with E-state index in [2.05, 4.69) is 0 Å². The van der Waals surface area contributed by atoms with E-state index in [-0.39, 0.29) is 24.7 Å². The van der Waals surface area contributed by atoms with Crippen molar-refractivity contribution in [1.29, 1.82) is 0 Å². The molecule has 0 saturated carbocycles. The minimum atomic E-state index is -0.316. The number of carbonyl (C=O) groups excluding carboxylic acids is 1. The molecule has 0 aliphatic carbocycles. The van der Waals surface area contributed by atoms with Crippen molar-refractivity contribution in [3.05, 3.63) is 78.1 Å². The highest BCUT2D eigenvalue weighted by Crippen LogP contribution is 2.26. The number of hydrogen-bond acceptors (Lipinski definition) is 4. The maximum absolute atomic E-state index is 12.2. The van der Waals surface area contributed by atoms with Crippen LogP contribution in [0.25, 0.3) is 21.7 Å². The zero-order chi connectivity index (χ0) is 17.2. The van der Waals surface area contributed by atoms with Gasteiger partial charge in [0.05, 0.1) is 12.7 Å². The number of esters is 1. The maximum atomic E-state index is 12.2. The number of phenols is 1. The summed E-state index contributed by atoms with van der Waals surface area (Å²) in [5.41, 5.74) is 2.28. The van der Waals surface area contributed by atoms with Crippen LogP contribution in [0.15, 0.2) is 71.3 Å². The summed E-state index contributed by atoms with van der Waals surface area (Å²) < 4.78 is 10.8. The second-order valence-corrected chi connectivity index (χ2v) is 5.92. The van der Waals surface area contributed by atoms with E-state index in [0.717, 1.165) is 27.3 Å². The van der Waals surface area contributed by atoms with Crippen molar-refractivity contribution in [3.8, 4) is 5.75 Å². The third kappa shape index (κ3) is 3.06. The standard InChI is InChI=1S/C21H16O4/c22-17-8-9-19-16(13-24-20(19)11-17)10-21(23)25-12-15-6-3-5-14-4-1-2-7-18(14)15/h1-9,11,13,22H,10,12H2. The van der Waals surface area contributed by atoms with Gasteiger partial charge in [-0.1, -0.05) is 42.5 Å². The number of phenolic OH excluding ortho intramolecular Hbond substituents is 1. The number of hydrogen-bond donors (Lipinski definition) is 1. The molecule has 0 amide bonds. The summed E-state index contributed by atoms with van der Waals surface area (Å²) in [6.45, 7) is 0.233. The maximum Gasteiger partial charge on any atom is 0.310 e. The van der Waals surface area contributed by atoms with Gasteiger partial charge in [-0.15, -0.1) is 0 Å². The van der Waals surface area contributed by atoms with E-state index in [9.17, 15) is 9.90 Å². The average Bonchev–Trinajstić information content (AvgIpc) is 3.01. The van der Waals surface area contributed by atoms with Crippen LogP contribution in [0.2, 0.25) is 0 Å². The monoisotopic (exact) mass is 332 g/mol. The van der Waals surface area contributed by atoms with Gasteiger partial charge in [0.25, 0.3) is 0 Å². The van der Waals surface area contributed by atoms with Crippen LogP contribution in [0.5, 0.6) is 5.75 Å². The normalized spacial score (nSPS) is 11.0. The van der Waals surface area contributed by atoms with Gasteiger partial charge in [0, 0.05) is 17.0 Å². The van der Waals surface area contributed by atoms with Crippen molar-refractivity contribution < 1.29 is 19.1 Å². The Morgan fingerprint density at radius 2 is 1.80 bits per heavy atom. The summed E-state index contributed by atoms with van der Waals surface area (Å²) in [5.74, 6) is -0.185. The van der Waals surface area contributed by atoms with Crippen molar-refractivity contribution in [2.45, 2.75) is 13.0 Å². The van der Waals surface area contributed by atoms with Gasteiger partial charge in [0.2, 0.25) is 0 Å². The number of benzene rings is 3. The summed E-state index contributed by atoms with van der Waals surface area (Å²) in [6, 6.07) is 18.8. The quantitative estimate of drug-likeness (QED) is 0.556. The number of carbonyl (C=O) groups is 1. The van der Waals surface area contributed by atoms with E-state index in [0.29, 0.717) is 5.58 Å². The third-order valence-electron chi connectivity index (χ3n) is 4.24. The number of rotatable bonds is 4. The fraction of sp³-hybridized carbons (Fsp3) is 0.0952. The van der Waals surface area contributed by atoms with Crippen molar-refractivity contribution in [3.63, 3.8) is 0 Å². The molecule has 1 heterocycles. The molecule has 4 rings (SSSR count). The van der Waals surface area contributed by atoms with Gasteiger partial charge in [-0.3, -0.25) is 4.79 Å². The van der Waals surface area contributed by atoms with E-state index in [1.807, 2.05) is 42.5 Å². The van der Waals surface area contributed by atoms with Gasteiger partial charge in [-0.05, 0) is 28.5 Å². The SMILES string of the molecule is O=C(Cc1coc2cc(O)ccc12)OCc1cccc2ccccc12. The summed E-state index contributed by atoms with van der Waals surface area (Å²) >= 11 is 0. The third-order valence-corrected chi connectivity index (χ3v) is 4.24. The second-order valence-electron chi connectivity index (χ2n) is 5.92. The van der Waals surface area contributed by atoms with Gasteiger partial charge in [-0.2, -0.15) is 0 Å². The smallest absolute Gasteiger partial charge is 0.310 e. The molecule has 0 radical (unpaired) electrons. The first-order valence-electron chi connectivity index (χ1n) is 8.02. The fourth-order valence-corrected chi connectivity index (χ4v) is 2.99. The molecule has 4 nitrogen and oxygen atoms in total. The van der Waals surface area contributed by atoms with Gasteiger partial charge in [0.1, 0.15) is 17.9 Å². The first kappa shape index (κ1) is 15.3. The molecule has 0 spiro atoms. The Morgan fingerprint density at radius 1 is 0.960 bits per heavy atom. The molecule has 0 fully saturated rings. The summed E-state index contributed by atoms with van der Waals surface area (Å²) in [5, 5.41) is 12.5. The van der Waals surface area contributed by atoms with Gasteiger partial charge < -0.3 is 14.3 Å². The van der Waals surface area contributed by atoms with Crippen LogP contribution in [0.3, 0.4) is 0 Å². The van der Waals surface area contributed by atoms with E-state index in [1.165, 1.54) is 12.3 Å². The molecule has 124 valence electrons. The number of ether oxygens (including phenoxy) is 1. The molecule has 3 aromatic carbocycles. The molecule has 1 aromatic heterocycles. The molecule has 4 heteroatoms. The lowest BCUT2D eigenvalue weighted by Crippen LogP contribution is -2.07. The first-order chi connectivity index (χ1) is 12.2. The highest BCUT2D eigenvalue weighted by molar-refractivity contribution is 5.87. The van der Waals surface area contributed by atoms with Crippen LogP contribution < -0.4 is 0 Å². The summed E-state index contributed by atoms with van der Waals surface area (Å²) in [7, 11) is 0. The molecule has 4 aromatic rings. The molecular weight excluding hydrogens is 316 g/mol. The minimum absolute atomic E-state index is 0.128. The molecule has 25 heavy (non-hydrogen) atoms. The number of aromatic hydroxyl groups is 1. The topological polar surface area (TPSA) is 59.7 Å². The Bertz CT molecular complexity index is 1060. The lowest BCUT2D eigenvalue weighted by molar-refractivity contribution is -0.144. The predicted octanol–water partition coefficient (Wildman–Crippen LogP) is 4.58. The van der Waals surface area contributed by atoms with Crippen LogP contribution in [-0.4, -0.2) is 11.1 Å². The van der Waals surface area contributed by atoms with Gasteiger partial charge in [0.15, 0.2) is 0 Å². The molecular formula is C21H16O4. The highest BCUT2D eigenvalue weighted by Gasteiger charge is 2.12. The van der Waals surface area contributed by atoms with Gasteiger partial charge >= 0.3 is 5.97 Å². The molecule has 0 aliphatic rings. The molecule has 0 saturated heterocycles. The second kappa shape index (κ2) is 6.32. The largest absolute Gasteiger partial charge is 0.508 e. The summed E-state index contributed by atoms with van der Waals surface area (Å²) in [6.07, 6.45) is 1.66. The zero-order valence-corrected chi connectivity index (χ0v) is 13.4. The Hall–Kier alpha value is -3.27. The predicted molar refractivity (Wildman–Crippen MR) is 95.3 cm³/mol. The Labute approximate surface area is 144 Å². The molecule has 1 N–H and O–H groups in total. The Kier molecular flexibility index (Phi) is 3.86. The van der Waals surface area contributed by atoms with Gasteiger partial charge in [-0.25, -0.2) is 0 Å². The molecule has 0 atom stereocenters. The number of fused-ring (bicyclic) bond motifs is 2. The highest BCUT2D eigenvalue weighted by atomic mass is 16.5. The fourth-order valence-electron chi connectivity index (χ4n) is 2.99. The van der Waals surface area contributed by atoms with E-state index in [4.69, 9.17) is 9.15 Å². The van der Waals surface area contributed by atoms with Crippen molar-refractivity contribution in [2.75, 3.05) is 0 Å². The van der Waals surface area contributed by atoms with Crippen molar-refractivity contribution >= 4 is 27.7 Å². The Morgan fingerprint density at radius 3 is 2.72 bits per heavy atom. The van der Waals surface area contributed by atoms with Crippen LogP contribution >= 0.6 is 0 Å². The number of furan rings is 1. The van der Waals surface area contributed by atoms with Crippen LogP contribution in [0, 0.1) is 0 Å². The van der Waals surface area contributed by atoms with Crippen LogP contribution in [0.1, 0.15) is 11.1 Å². The summed E-state index contributed by atoms with van der Waals surface area (Å²) in [4.78, 5) is 12.2. The van der Waals surface area contributed by atoms with Crippen molar-refractivity contribution in [1.82, 2.24) is 0 Å². The molecule has 0 unspecified atom stereocenters. The molecule has 0 bridgehead atoms. The average molecular weight is 332 g/mol. The molecule has 0 aliphatic heterocycles.